The summed E-state index contributed by atoms with van der Waals surface area (Å²) in [7, 11) is -3.40. The molecule has 0 fully saturated rings. The maximum absolute atomic E-state index is 11.9. The lowest BCUT2D eigenvalue weighted by Gasteiger charge is -2.16. The minimum Gasteiger partial charge on any atom is -0.392 e. The monoisotopic (exact) mass is 340 g/mol. The van der Waals surface area contributed by atoms with Crippen LogP contribution >= 0.6 is 27.5 Å². The van der Waals surface area contributed by atoms with E-state index in [-0.39, 0.29) is 5.75 Å². The Labute approximate surface area is 115 Å². The molecule has 3 nitrogen and oxygen atoms in total. The van der Waals surface area contributed by atoms with E-state index in [9.17, 15) is 13.5 Å². The van der Waals surface area contributed by atoms with E-state index in [1.165, 1.54) is 13.8 Å². The Morgan fingerprint density at radius 2 is 2.00 bits per heavy atom. The summed E-state index contributed by atoms with van der Waals surface area (Å²) in [5, 5.41) is 8.93. The number of hydrogen-bond donors (Lipinski definition) is 1. The van der Waals surface area contributed by atoms with Gasteiger partial charge in [-0.15, -0.1) is 0 Å². The molecule has 0 aliphatic heterocycles. The van der Waals surface area contributed by atoms with Crippen molar-refractivity contribution in [3.8, 4) is 0 Å². The van der Waals surface area contributed by atoms with Crippen LogP contribution in [0.2, 0.25) is 5.02 Å². The van der Waals surface area contributed by atoms with E-state index >= 15 is 0 Å². The van der Waals surface area contributed by atoms with Gasteiger partial charge in [-0.3, -0.25) is 0 Å². The van der Waals surface area contributed by atoms with Gasteiger partial charge in [0.15, 0.2) is 9.84 Å². The van der Waals surface area contributed by atoms with Crippen LogP contribution in [0.4, 0.5) is 0 Å². The van der Waals surface area contributed by atoms with Gasteiger partial charge in [-0.1, -0.05) is 33.6 Å². The van der Waals surface area contributed by atoms with Crippen molar-refractivity contribution in [2.45, 2.75) is 31.0 Å². The van der Waals surface area contributed by atoms with Gasteiger partial charge < -0.3 is 5.11 Å². The summed E-state index contributed by atoms with van der Waals surface area (Å²) >= 11 is 9.22. The highest BCUT2D eigenvalue weighted by Crippen LogP contribution is 2.24. The molecule has 0 heterocycles. The molecular formula is C11H14BrClO3S. The molecule has 17 heavy (non-hydrogen) atoms. The molecule has 2 atom stereocenters. The topological polar surface area (TPSA) is 54.4 Å². The third kappa shape index (κ3) is 3.95. The van der Waals surface area contributed by atoms with Crippen molar-refractivity contribution in [2.75, 3.05) is 0 Å². The minimum absolute atomic E-state index is 0.162. The van der Waals surface area contributed by atoms with E-state index in [1.54, 1.807) is 18.2 Å². The second-order valence-corrected chi connectivity index (χ2v) is 7.67. The predicted octanol–water partition coefficient (Wildman–Crippen LogP) is 2.79. The molecule has 0 spiro atoms. The average molecular weight is 342 g/mol. The molecule has 96 valence electrons. The molecule has 0 aliphatic rings. The van der Waals surface area contributed by atoms with Crippen molar-refractivity contribution < 1.29 is 13.5 Å². The molecule has 1 rings (SSSR count). The molecule has 0 radical (unpaired) electrons. The fourth-order valence-electron chi connectivity index (χ4n) is 1.29. The second-order valence-electron chi connectivity index (χ2n) is 3.99. The van der Waals surface area contributed by atoms with Gasteiger partial charge in [0.25, 0.3) is 0 Å². The van der Waals surface area contributed by atoms with Crippen molar-refractivity contribution >= 4 is 37.4 Å². The first-order valence-electron chi connectivity index (χ1n) is 5.07. The van der Waals surface area contributed by atoms with Crippen molar-refractivity contribution in [3.05, 3.63) is 33.3 Å². The molecule has 0 unspecified atom stereocenters. The van der Waals surface area contributed by atoms with E-state index < -0.39 is 21.2 Å². The summed E-state index contributed by atoms with van der Waals surface area (Å²) in [6.45, 7) is 2.96. The first kappa shape index (κ1) is 15.0. The Bertz CT molecular complexity index is 499. The molecule has 0 saturated heterocycles. The van der Waals surface area contributed by atoms with E-state index in [1.807, 2.05) is 0 Å². The van der Waals surface area contributed by atoms with Crippen molar-refractivity contribution in [1.29, 1.82) is 0 Å². The van der Waals surface area contributed by atoms with E-state index in [4.69, 9.17) is 11.6 Å². The zero-order chi connectivity index (χ0) is 13.2. The van der Waals surface area contributed by atoms with Gasteiger partial charge in [0, 0.05) is 9.50 Å². The van der Waals surface area contributed by atoms with Crippen molar-refractivity contribution in [1.82, 2.24) is 0 Å². The highest BCUT2D eigenvalue weighted by atomic mass is 79.9. The third-order valence-corrected chi connectivity index (χ3v) is 5.70. The molecule has 1 aromatic carbocycles. The van der Waals surface area contributed by atoms with E-state index in [0.29, 0.717) is 10.6 Å². The standard InChI is InChI=1S/C11H14BrClO3S/c1-7(14)8(2)17(15,16)6-9-3-4-10(12)5-11(9)13/h3-5,7-8,14H,6H2,1-2H3/t7-,8-/m1/s1. The Kier molecular flexibility index (Phi) is 5.01. The number of rotatable bonds is 4. The number of halogens is 2. The molecule has 0 bridgehead atoms. The quantitative estimate of drug-likeness (QED) is 0.916. The zero-order valence-electron chi connectivity index (χ0n) is 9.52. The summed E-state index contributed by atoms with van der Waals surface area (Å²) in [6, 6.07) is 5.06. The average Bonchev–Trinajstić information content (AvgIpc) is 2.21. The number of hydrogen-bond acceptors (Lipinski definition) is 3. The molecule has 6 heteroatoms. The minimum atomic E-state index is -3.40. The highest BCUT2D eigenvalue weighted by Gasteiger charge is 2.26. The Balaban J connectivity index is 2.98. The molecule has 1 N–H and O–H groups in total. The lowest BCUT2D eigenvalue weighted by Crippen LogP contribution is -2.30. The number of aliphatic hydroxyl groups excluding tert-OH is 1. The summed E-state index contributed by atoms with van der Waals surface area (Å²) in [5.74, 6) is -0.162. The van der Waals surface area contributed by atoms with Crippen LogP contribution in [0.1, 0.15) is 19.4 Å². The van der Waals surface area contributed by atoms with Gasteiger partial charge in [0.1, 0.15) is 0 Å². The SMILES string of the molecule is C[C@H]([C@@H](C)O)S(=O)(=O)Cc1ccc(Br)cc1Cl. The normalized spacial score (nSPS) is 15.6. The van der Waals surface area contributed by atoms with Crippen LogP contribution in [-0.2, 0) is 15.6 Å². The van der Waals surface area contributed by atoms with Crippen LogP contribution in [0.3, 0.4) is 0 Å². The van der Waals surface area contributed by atoms with Crippen molar-refractivity contribution in [2.24, 2.45) is 0 Å². The number of benzene rings is 1. The highest BCUT2D eigenvalue weighted by molar-refractivity contribution is 9.10. The van der Waals surface area contributed by atoms with E-state index in [2.05, 4.69) is 15.9 Å². The summed E-state index contributed by atoms with van der Waals surface area (Å²) in [5.41, 5.74) is 0.544. The van der Waals surface area contributed by atoms with Crippen LogP contribution in [-0.4, -0.2) is 24.9 Å². The smallest absolute Gasteiger partial charge is 0.159 e. The fraction of sp³-hybridized carbons (Fsp3) is 0.455. The molecule has 0 saturated carbocycles. The van der Waals surface area contributed by atoms with Crippen LogP contribution in [0.5, 0.6) is 0 Å². The van der Waals surface area contributed by atoms with Gasteiger partial charge in [-0.05, 0) is 31.5 Å². The largest absolute Gasteiger partial charge is 0.392 e. The van der Waals surface area contributed by atoms with Gasteiger partial charge in [-0.2, -0.15) is 0 Å². The van der Waals surface area contributed by atoms with Crippen LogP contribution in [0.25, 0.3) is 0 Å². The number of aliphatic hydroxyl groups is 1. The van der Waals surface area contributed by atoms with Gasteiger partial charge in [-0.25, -0.2) is 8.42 Å². The zero-order valence-corrected chi connectivity index (χ0v) is 12.7. The second kappa shape index (κ2) is 5.69. The summed E-state index contributed by atoms with van der Waals surface area (Å²) in [6.07, 6.45) is -0.894. The lowest BCUT2D eigenvalue weighted by molar-refractivity contribution is 0.193. The Morgan fingerprint density at radius 1 is 1.41 bits per heavy atom. The van der Waals surface area contributed by atoms with E-state index in [0.717, 1.165) is 4.47 Å². The van der Waals surface area contributed by atoms with Gasteiger partial charge in [0.05, 0.1) is 17.1 Å². The maximum atomic E-state index is 11.9. The Morgan fingerprint density at radius 3 is 2.47 bits per heavy atom. The van der Waals surface area contributed by atoms with Crippen LogP contribution in [0, 0.1) is 0 Å². The molecule has 0 aliphatic carbocycles. The predicted molar refractivity (Wildman–Crippen MR) is 72.9 cm³/mol. The van der Waals surface area contributed by atoms with Crippen LogP contribution < -0.4 is 0 Å². The first-order chi connectivity index (χ1) is 7.74. The van der Waals surface area contributed by atoms with Crippen LogP contribution in [0.15, 0.2) is 22.7 Å². The van der Waals surface area contributed by atoms with Crippen molar-refractivity contribution in [3.63, 3.8) is 0 Å². The Hall–Kier alpha value is -0.100. The molecular weight excluding hydrogens is 328 g/mol. The third-order valence-electron chi connectivity index (χ3n) is 2.62. The molecule has 0 aromatic heterocycles. The lowest BCUT2D eigenvalue weighted by atomic mass is 10.2. The van der Waals surface area contributed by atoms with Gasteiger partial charge in [0.2, 0.25) is 0 Å². The van der Waals surface area contributed by atoms with Gasteiger partial charge >= 0.3 is 0 Å². The summed E-state index contributed by atoms with van der Waals surface area (Å²) in [4.78, 5) is 0. The fourth-order valence-corrected chi connectivity index (χ4v) is 3.65. The number of sulfone groups is 1. The summed E-state index contributed by atoms with van der Waals surface area (Å²) < 4.78 is 24.7. The molecule has 0 amide bonds. The first-order valence-corrected chi connectivity index (χ1v) is 7.96. The maximum Gasteiger partial charge on any atom is 0.159 e. The molecule has 1 aromatic rings.